The Kier molecular flexibility index (Phi) is 5.35. The summed E-state index contributed by atoms with van der Waals surface area (Å²) in [6, 6.07) is 13.2. The van der Waals surface area contributed by atoms with Crippen LogP contribution in [0.4, 0.5) is 0 Å². The molecule has 2 nitrogen and oxygen atoms in total. The van der Waals surface area contributed by atoms with Crippen molar-refractivity contribution < 1.29 is 0 Å². The van der Waals surface area contributed by atoms with Crippen molar-refractivity contribution >= 4 is 11.3 Å². The summed E-state index contributed by atoms with van der Waals surface area (Å²) in [5.41, 5.74) is 5.59. The minimum absolute atomic E-state index is 0.0902. The van der Waals surface area contributed by atoms with Crippen LogP contribution in [-0.4, -0.2) is 0 Å². The van der Waals surface area contributed by atoms with Crippen molar-refractivity contribution in [2.24, 2.45) is 11.8 Å². The zero-order valence-corrected chi connectivity index (χ0v) is 13.3. The molecule has 3 heteroatoms. The van der Waals surface area contributed by atoms with Gasteiger partial charge in [-0.15, -0.1) is 11.3 Å². The van der Waals surface area contributed by atoms with E-state index in [0.29, 0.717) is 5.92 Å². The molecule has 0 aliphatic heterocycles. The van der Waals surface area contributed by atoms with Gasteiger partial charge in [0.1, 0.15) is 0 Å². The van der Waals surface area contributed by atoms with Crippen LogP contribution in [0.25, 0.3) is 0 Å². The van der Waals surface area contributed by atoms with Gasteiger partial charge >= 0.3 is 0 Å². The lowest BCUT2D eigenvalue weighted by molar-refractivity contribution is 0.633. The molecule has 0 amide bonds. The minimum Gasteiger partial charge on any atom is -0.271 e. The summed E-state index contributed by atoms with van der Waals surface area (Å²) in [5, 5.41) is 0. The molecule has 0 spiro atoms. The Morgan fingerprint density at radius 3 is 2.60 bits per heavy atom. The molecule has 0 aliphatic rings. The van der Waals surface area contributed by atoms with Crippen LogP contribution in [0.3, 0.4) is 0 Å². The number of benzene rings is 1. The average Bonchev–Trinajstić information content (AvgIpc) is 2.88. The molecular formula is C17H24N2S. The van der Waals surface area contributed by atoms with Gasteiger partial charge in [0, 0.05) is 9.75 Å². The van der Waals surface area contributed by atoms with Crippen LogP contribution in [0.15, 0.2) is 36.4 Å². The van der Waals surface area contributed by atoms with E-state index >= 15 is 0 Å². The maximum Gasteiger partial charge on any atom is 0.0802 e. The van der Waals surface area contributed by atoms with Gasteiger partial charge in [0.2, 0.25) is 0 Å². The molecule has 20 heavy (non-hydrogen) atoms. The Hall–Kier alpha value is -1.16. The van der Waals surface area contributed by atoms with E-state index in [4.69, 9.17) is 5.84 Å². The second-order valence-electron chi connectivity index (χ2n) is 5.60. The number of thiophene rings is 1. The summed E-state index contributed by atoms with van der Waals surface area (Å²) < 4.78 is 0. The number of aryl methyl sites for hydroxylation is 1. The molecule has 108 valence electrons. The number of nitrogens with two attached hydrogens (primary N) is 1. The van der Waals surface area contributed by atoms with Crippen molar-refractivity contribution in [2.45, 2.75) is 39.7 Å². The van der Waals surface area contributed by atoms with Crippen LogP contribution in [0, 0.1) is 5.92 Å². The first-order chi connectivity index (χ1) is 9.63. The molecular weight excluding hydrogens is 264 g/mol. The minimum atomic E-state index is 0.0902. The Balaban J connectivity index is 2.26. The SMILES string of the molecule is CCc1ccc(C(NN)c2cccc(CC(C)C)c2)s1. The van der Waals surface area contributed by atoms with E-state index in [1.165, 1.54) is 20.9 Å². The zero-order valence-electron chi connectivity index (χ0n) is 12.5. The molecule has 1 aromatic carbocycles. The van der Waals surface area contributed by atoms with Gasteiger partial charge in [-0.25, -0.2) is 5.43 Å². The van der Waals surface area contributed by atoms with Crippen LogP contribution in [0.5, 0.6) is 0 Å². The first-order valence-corrected chi connectivity index (χ1v) is 8.09. The topological polar surface area (TPSA) is 38.0 Å². The van der Waals surface area contributed by atoms with E-state index in [1.54, 1.807) is 0 Å². The van der Waals surface area contributed by atoms with E-state index < -0.39 is 0 Å². The molecule has 0 saturated carbocycles. The van der Waals surface area contributed by atoms with E-state index in [0.717, 1.165) is 12.8 Å². The summed E-state index contributed by atoms with van der Waals surface area (Å²) in [6.45, 7) is 6.68. The van der Waals surface area contributed by atoms with Gasteiger partial charge in [-0.1, -0.05) is 45.0 Å². The van der Waals surface area contributed by atoms with E-state index in [2.05, 4.69) is 62.6 Å². The van der Waals surface area contributed by atoms with Crippen LogP contribution in [0.1, 0.15) is 47.7 Å². The molecule has 0 saturated heterocycles. The quantitative estimate of drug-likeness (QED) is 0.621. The molecule has 1 heterocycles. The van der Waals surface area contributed by atoms with Gasteiger partial charge in [-0.05, 0) is 42.0 Å². The van der Waals surface area contributed by atoms with Gasteiger partial charge in [0.25, 0.3) is 0 Å². The van der Waals surface area contributed by atoms with Crippen LogP contribution in [-0.2, 0) is 12.8 Å². The van der Waals surface area contributed by atoms with Crippen molar-refractivity contribution in [3.05, 3.63) is 57.3 Å². The van der Waals surface area contributed by atoms with E-state index in [1.807, 2.05) is 11.3 Å². The smallest absolute Gasteiger partial charge is 0.0802 e. The Morgan fingerprint density at radius 2 is 2.00 bits per heavy atom. The Labute approximate surface area is 126 Å². The van der Waals surface area contributed by atoms with Gasteiger partial charge in [-0.3, -0.25) is 5.84 Å². The number of nitrogens with one attached hydrogen (secondary N) is 1. The molecule has 0 bridgehead atoms. The predicted octanol–water partition coefficient (Wildman–Crippen LogP) is 4.06. The number of rotatable bonds is 6. The molecule has 0 aliphatic carbocycles. The van der Waals surface area contributed by atoms with Crippen LogP contribution < -0.4 is 11.3 Å². The third-order valence-electron chi connectivity index (χ3n) is 3.41. The van der Waals surface area contributed by atoms with Crippen LogP contribution in [0.2, 0.25) is 0 Å². The molecule has 1 aromatic heterocycles. The molecule has 0 fully saturated rings. The second kappa shape index (κ2) is 7.02. The van der Waals surface area contributed by atoms with Crippen molar-refractivity contribution in [3.63, 3.8) is 0 Å². The highest BCUT2D eigenvalue weighted by Gasteiger charge is 2.15. The van der Waals surface area contributed by atoms with Crippen molar-refractivity contribution in [1.29, 1.82) is 0 Å². The highest BCUT2D eigenvalue weighted by Crippen LogP contribution is 2.29. The van der Waals surface area contributed by atoms with E-state index in [-0.39, 0.29) is 6.04 Å². The highest BCUT2D eigenvalue weighted by molar-refractivity contribution is 7.12. The van der Waals surface area contributed by atoms with Crippen molar-refractivity contribution in [1.82, 2.24) is 5.43 Å². The zero-order chi connectivity index (χ0) is 14.5. The standard InChI is InChI=1S/C17H24N2S/c1-4-15-8-9-16(20-15)17(19-18)14-7-5-6-13(11-14)10-12(2)3/h5-9,11-12,17,19H,4,10,18H2,1-3H3. The van der Waals surface area contributed by atoms with E-state index in [9.17, 15) is 0 Å². The first kappa shape index (κ1) is 15.2. The van der Waals surface area contributed by atoms with Gasteiger partial charge in [0.05, 0.1) is 6.04 Å². The molecule has 2 aromatic rings. The number of hydrogen-bond acceptors (Lipinski definition) is 3. The normalized spacial score (nSPS) is 12.8. The van der Waals surface area contributed by atoms with Gasteiger partial charge in [-0.2, -0.15) is 0 Å². The van der Waals surface area contributed by atoms with Crippen LogP contribution >= 0.6 is 11.3 Å². The summed E-state index contributed by atoms with van der Waals surface area (Å²) in [6.07, 6.45) is 2.19. The summed E-state index contributed by atoms with van der Waals surface area (Å²) >= 11 is 1.84. The molecule has 1 atom stereocenters. The second-order valence-corrected chi connectivity index (χ2v) is 6.80. The average molecular weight is 288 g/mol. The third kappa shape index (κ3) is 3.69. The lowest BCUT2D eigenvalue weighted by Gasteiger charge is -2.16. The lowest BCUT2D eigenvalue weighted by atomic mass is 9.98. The van der Waals surface area contributed by atoms with Crippen molar-refractivity contribution in [3.8, 4) is 0 Å². The third-order valence-corrected chi connectivity index (χ3v) is 4.70. The Bertz CT molecular complexity index is 545. The Morgan fingerprint density at radius 1 is 1.20 bits per heavy atom. The predicted molar refractivity (Wildman–Crippen MR) is 87.8 cm³/mol. The maximum absolute atomic E-state index is 5.80. The fourth-order valence-electron chi connectivity index (χ4n) is 2.45. The summed E-state index contributed by atoms with van der Waals surface area (Å²) in [7, 11) is 0. The summed E-state index contributed by atoms with van der Waals surface area (Å²) in [4.78, 5) is 2.68. The first-order valence-electron chi connectivity index (χ1n) is 7.27. The fraction of sp³-hybridized carbons (Fsp3) is 0.412. The lowest BCUT2D eigenvalue weighted by Crippen LogP contribution is -2.28. The molecule has 3 N–H and O–H groups in total. The fourth-order valence-corrected chi connectivity index (χ4v) is 3.49. The summed E-state index contributed by atoms with van der Waals surface area (Å²) in [5.74, 6) is 6.46. The molecule has 0 radical (unpaired) electrons. The maximum atomic E-state index is 5.80. The number of hydrogen-bond donors (Lipinski definition) is 2. The van der Waals surface area contributed by atoms with Crippen molar-refractivity contribution in [2.75, 3.05) is 0 Å². The highest BCUT2D eigenvalue weighted by atomic mass is 32.1. The molecule has 1 unspecified atom stereocenters. The van der Waals surface area contributed by atoms with Gasteiger partial charge in [0.15, 0.2) is 0 Å². The molecule has 2 rings (SSSR count). The van der Waals surface area contributed by atoms with Gasteiger partial charge < -0.3 is 0 Å². The largest absolute Gasteiger partial charge is 0.271 e. The monoisotopic (exact) mass is 288 g/mol. The number of hydrazine groups is 1.